The van der Waals surface area contributed by atoms with Gasteiger partial charge >= 0.3 is 21.1 Å². The summed E-state index contributed by atoms with van der Waals surface area (Å²) in [6.07, 6.45) is 3.53. The molecule has 0 amide bonds. The predicted molar refractivity (Wildman–Crippen MR) is 84.7 cm³/mol. The molecule has 0 aliphatic heterocycles. The molecule has 0 heterocycles. The number of carboxylic acid groups (broad SMARTS) is 2. The van der Waals surface area contributed by atoms with Gasteiger partial charge in [0.15, 0.2) is 0 Å². The molecule has 0 aromatic heterocycles. The third-order valence-electron chi connectivity index (χ3n) is 3.62. The number of aliphatic carboxylic acids is 1. The van der Waals surface area contributed by atoms with E-state index in [0.717, 1.165) is 31.0 Å². The Balaban J connectivity index is -0.000000450. The summed E-state index contributed by atoms with van der Waals surface area (Å²) in [4.78, 5) is 30.6. The zero-order valence-corrected chi connectivity index (χ0v) is 16.3. The number of nitro groups is 1. The predicted octanol–water partition coefficient (Wildman–Crippen LogP) is 0.297. The smallest absolute Gasteiger partial charge is 0.870 e. The Morgan fingerprint density at radius 2 is 1.56 bits per heavy atom. The normalized spacial score (nSPS) is 17.6. The number of non-ortho nitro benzene ring substituents is 1. The van der Waals surface area contributed by atoms with Gasteiger partial charge in [-0.1, -0.05) is 25.7 Å². The number of rotatable bonds is 4. The number of carbonyl (C=O) groups is 2. The molecule has 1 aliphatic rings. The fraction of sp³-hybridized carbons (Fsp3) is 0.467. The summed E-state index contributed by atoms with van der Waals surface area (Å²) >= 11 is 0. The average Bonchev–Trinajstić information content (AvgIpc) is 2.50. The number of carbonyl (C=O) groups excluding carboxylic acids is 2. The van der Waals surface area contributed by atoms with Gasteiger partial charge in [0.1, 0.15) is 0 Å². The maximum absolute atomic E-state index is 10.6. The minimum absolute atomic E-state index is 0. The second-order valence-electron chi connectivity index (χ2n) is 5.43. The van der Waals surface area contributed by atoms with Crippen LogP contribution in [0.5, 0.6) is 0 Å². The topological polar surface area (TPSA) is 231 Å². The van der Waals surface area contributed by atoms with Crippen molar-refractivity contribution < 1.29 is 56.7 Å². The first-order valence-corrected chi connectivity index (χ1v) is 7.33. The van der Waals surface area contributed by atoms with E-state index in [-0.39, 0.29) is 55.4 Å². The van der Waals surface area contributed by atoms with Crippen molar-refractivity contribution in [1.29, 1.82) is 0 Å². The first-order valence-electron chi connectivity index (χ1n) is 7.33. The Morgan fingerprint density at radius 1 is 1.07 bits per heavy atom. The van der Waals surface area contributed by atoms with Crippen molar-refractivity contribution in [3.05, 3.63) is 50.9 Å². The van der Waals surface area contributed by atoms with Crippen LogP contribution in [0.25, 0.3) is 11.5 Å². The minimum atomic E-state index is -1.59. The van der Waals surface area contributed by atoms with Gasteiger partial charge in [0.2, 0.25) is 0 Å². The third-order valence-corrected chi connectivity index (χ3v) is 3.62. The van der Waals surface area contributed by atoms with E-state index in [2.05, 4.69) is 0 Å². The van der Waals surface area contributed by atoms with Crippen molar-refractivity contribution in [2.75, 3.05) is 0 Å². The van der Waals surface area contributed by atoms with Crippen LogP contribution in [0.2, 0.25) is 0 Å². The number of nitrogens with one attached hydrogen (secondary N) is 2. The first-order chi connectivity index (χ1) is 11.2. The molecule has 12 heteroatoms. The Kier molecular flexibility index (Phi) is 15.7. The molecule has 4 N–H and O–H groups in total. The standard InChI is InChI=1S/C9H7NO6.C6H12N2.2H2O.Pt/c11-8(12)4-5-3-6(10(15)16)1-2-7(5)9(13)14;7-5-3-1-2-4-6(5)8;;;/h1-3H,4H2,(H,11,12)(H,13,14);5-8H,1-4H2;2*1H2;/q;-2;;;+4/p-4. The molecule has 1 aromatic carbocycles. The molecule has 11 nitrogen and oxygen atoms in total. The summed E-state index contributed by atoms with van der Waals surface area (Å²) in [7, 11) is 0. The molecule has 1 aliphatic carbocycles. The van der Waals surface area contributed by atoms with E-state index in [1.807, 2.05) is 0 Å². The van der Waals surface area contributed by atoms with Gasteiger partial charge in [-0.2, -0.15) is 12.1 Å². The average molecular weight is 564 g/mol. The molecule has 2 rings (SSSR count). The van der Waals surface area contributed by atoms with E-state index in [1.54, 1.807) is 0 Å². The van der Waals surface area contributed by atoms with Gasteiger partial charge in [0, 0.05) is 30.1 Å². The Hall–Kier alpha value is -1.91. The van der Waals surface area contributed by atoms with Crippen LogP contribution in [-0.2, 0) is 32.3 Å². The molecule has 154 valence electrons. The zero-order chi connectivity index (χ0) is 18.3. The van der Waals surface area contributed by atoms with Crippen LogP contribution in [0.3, 0.4) is 0 Å². The van der Waals surface area contributed by atoms with E-state index < -0.39 is 28.8 Å². The van der Waals surface area contributed by atoms with Crippen LogP contribution in [-0.4, -0.2) is 39.9 Å². The molecule has 2 unspecified atom stereocenters. The van der Waals surface area contributed by atoms with Gasteiger partial charge in [-0.15, -0.1) is 0 Å². The van der Waals surface area contributed by atoms with Crippen molar-refractivity contribution >= 4 is 17.6 Å². The van der Waals surface area contributed by atoms with E-state index in [1.165, 1.54) is 12.8 Å². The van der Waals surface area contributed by atoms with E-state index >= 15 is 0 Å². The summed E-state index contributed by atoms with van der Waals surface area (Å²) < 4.78 is 0. The summed E-state index contributed by atoms with van der Waals surface area (Å²) in [5.41, 5.74) is 13.6. The van der Waals surface area contributed by atoms with Crippen LogP contribution in [0.4, 0.5) is 5.69 Å². The monoisotopic (exact) mass is 564 g/mol. The number of nitrogens with zero attached hydrogens (tertiary/aromatic N) is 1. The van der Waals surface area contributed by atoms with Crippen molar-refractivity contribution in [2.24, 2.45) is 0 Å². The molecule has 0 radical (unpaired) electrons. The number of hydrogen-bond acceptors (Lipinski definition) is 8. The molecule has 1 aromatic rings. The van der Waals surface area contributed by atoms with Gasteiger partial charge in [-0.05, 0) is 11.6 Å². The largest absolute Gasteiger partial charge is 4.00 e. The fourth-order valence-electron chi connectivity index (χ4n) is 2.33. The van der Waals surface area contributed by atoms with Gasteiger partial charge in [0.05, 0.1) is 10.9 Å². The SMILES string of the molecule is O=C([O-])Cc1cc([N+](=O)[O-])ccc1C(=O)[O-].[NH-]C1CCCCC1[NH-].[OH-].[OH-].[Pt+4]. The Morgan fingerprint density at radius 3 is 1.89 bits per heavy atom. The summed E-state index contributed by atoms with van der Waals surface area (Å²) in [6, 6.07) is 2.61. The molecule has 0 bridgehead atoms. The van der Waals surface area contributed by atoms with Crippen LogP contribution in [0.1, 0.15) is 41.6 Å². The number of hydrogen-bond donors (Lipinski definition) is 0. The summed E-state index contributed by atoms with van der Waals surface area (Å²) in [6.45, 7) is 0. The maximum Gasteiger partial charge on any atom is 4.00 e. The molecular formula is C15H19N3O8Pt-2. The third kappa shape index (κ3) is 10.1. The number of benzene rings is 1. The second kappa shape index (κ2) is 14.2. The molecule has 0 spiro atoms. The van der Waals surface area contributed by atoms with Crippen LogP contribution >= 0.6 is 0 Å². The quantitative estimate of drug-likeness (QED) is 0.363. The second-order valence-corrected chi connectivity index (χ2v) is 5.43. The molecule has 0 saturated heterocycles. The molecule has 2 atom stereocenters. The first kappa shape index (κ1) is 29.8. The van der Waals surface area contributed by atoms with Crippen molar-refractivity contribution in [2.45, 2.75) is 44.2 Å². The van der Waals surface area contributed by atoms with Crippen molar-refractivity contribution in [3.63, 3.8) is 0 Å². The van der Waals surface area contributed by atoms with Crippen molar-refractivity contribution in [3.8, 4) is 0 Å². The van der Waals surface area contributed by atoms with Crippen molar-refractivity contribution in [1.82, 2.24) is 0 Å². The van der Waals surface area contributed by atoms with Gasteiger partial charge in [-0.3, -0.25) is 10.1 Å². The van der Waals surface area contributed by atoms with Crippen LogP contribution in [0.15, 0.2) is 18.2 Å². The molecule has 27 heavy (non-hydrogen) atoms. The molecule has 1 fully saturated rings. The summed E-state index contributed by atoms with van der Waals surface area (Å²) in [5.74, 6) is -3.12. The number of nitro benzene ring substituents is 1. The number of carboxylic acids is 2. The maximum atomic E-state index is 10.6. The Labute approximate surface area is 169 Å². The van der Waals surface area contributed by atoms with E-state index in [0.29, 0.717) is 0 Å². The van der Waals surface area contributed by atoms with E-state index in [4.69, 9.17) is 11.5 Å². The summed E-state index contributed by atoms with van der Waals surface area (Å²) in [5, 5.41) is 31.3. The molecular weight excluding hydrogens is 545 g/mol. The van der Waals surface area contributed by atoms with Crippen LogP contribution in [0, 0.1) is 10.1 Å². The van der Waals surface area contributed by atoms with Gasteiger partial charge in [0.25, 0.3) is 5.69 Å². The zero-order valence-electron chi connectivity index (χ0n) is 14.0. The number of aromatic carboxylic acids is 1. The van der Waals surface area contributed by atoms with Gasteiger partial charge in [-0.25, -0.2) is 0 Å². The molecule has 1 saturated carbocycles. The fourth-order valence-corrected chi connectivity index (χ4v) is 2.33. The van der Waals surface area contributed by atoms with Crippen LogP contribution < -0.4 is 10.2 Å². The van der Waals surface area contributed by atoms with Gasteiger partial charge < -0.3 is 42.2 Å². The minimum Gasteiger partial charge on any atom is -0.870 e. The van der Waals surface area contributed by atoms with E-state index in [9.17, 15) is 29.9 Å². The Bertz CT molecular complexity index is 619.